The van der Waals surface area contributed by atoms with E-state index in [0.717, 1.165) is 0 Å². The zero-order valence-electron chi connectivity index (χ0n) is 30.7. The molecule has 0 unspecified atom stereocenters. The zero-order chi connectivity index (χ0) is 49.0. The number of unbranched alkanes of at least 4 members (excludes halogenated alkanes) is 6. The molecule has 0 aliphatic carbocycles. The van der Waals surface area contributed by atoms with E-state index in [-0.39, 0.29) is 12.8 Å². The zero-order valence-corrected chi connectivity index (χ0v) is 36.4. The number of halogens is 28. The fourth-order valence-corrected chi connectivity index (χ4v) is 41.2. The Morgan fingerprint density at radius 2 is 0.508 bits per heavy atom. The van der Waals surface area contributed by atoms with Crippen LogP contribution in [0, 0.1) is 0 Å². The van der Waals surface area contributed by atoms with Crippen molar-refractivity contribution in [2.75, 3.05) is 39.9 Å². The van der Waals surface area contributed by atoms with Crippen molar-refractivity contribution in [1.29, 1.82) is 0 Å². The first-order valence-corrected chi connectivity index (χ1v) is 27.2. The summed E-state index contributed by atoms with van der Waals surface area (Å²) in [5.74, 6) is -64.7. The molecule has 368 valence electrons. The van der Waals surface area contributed by atoms with E-state index in [1.165, 1.54) is 13.8 Å². The Balaban J connectivity index is 10.0. The van der Waals surface area contributed by atoms with Crippen LogP contribution < -0.4 is 0 Å². The molecule has 61 heavy (non-hydrogen) atoms. The van der Waals surface area contributed by atoms with Crippen LogP contribution in [0.25, 0.3) is 0 Å². The molecule has 0 N–H and O–H groups in total. The Hall–Kier alpha value is -0.483. The van der Waals surface area contributed by atoms with E-state index in [1.807, 2.05) is 0 Å². The second-order valence-electron chi connectivity index (χ2n) is 13.1. The quantitative estimate of drug-likeness (QED) is 0.0408. The standard InChI is InChI=1S/2C6H13O.4C4H2F7.O.2Sn/c2*1-2-3-4-5-6-7;4*5-1-3(8,9)4(10,11)2(6)7;;;/h2*2-6H2,1H3;4*1H2;;;/q2*-1;;;;;;2*+1. The summed E-state index contributed by atoms with van der Waals surface area (Å²) < 4.78 is 393. The SMILES string of the molecule is CCCCCC[O][Sn]([O][Sn]([O]CCCCCC)([C](F)(F)C(F)(F)C(F)(F)CF)[C](F)(F)C(F)(F)C(F)(F)CF)([C](F)(F)C(F)(F)C(F)(F)CF)[C](F)(F)C(F)(F)C(F)(F)CF. The average molecular weight is 1190 g/mol. The molecule has 0 aliphatic rings. The molecule has 0 spiro atoms. The van der Waals surface area contributed by atoms with Crippen molar-refractivity contribution in [3.05, 3.63) is 0 Å². The summed E-state index contributed by atoms with van der Waals surface area (Å²) >= 11 is -25.3. The van der Waals surface area contributed by atoms with Crippen LogP contribution in [-0.2, 0) is 7.56 Å². The third-order valence-corrected chi connectivity index (χ3v) is 37.8. The van der Waals surface area contributed by atoms with Crippen molar-refractivity contribution in [3.63, 3.8) is 0 Å². The van der Waals surface area contributed by atoms with Crippen LogP contribution in [0.3, 0.4) is 0 Å². The molecule has 0 fully saturated rings. The molecule has 0 saturated heterocycles. The van der Waals surface area contributed by atoms with E-state index < -0.39 is 180 Å². The molecule has 0 aliphatic heterocycles. The van der Waals surface area contributed by atoms with Gasteiger partial charge >= 0.3 is 337 Å². The topological polar surface area (TPSA) is 27.7 Å². The molecule has 0 rings (SSSR count). The van der Waals surface area contributed by atoms with Crippen LogP contribution in [0.1, 0.15) is 65.2 Å². The molecule has 0 heterocycles. The van der Waals surface area contributed by atoms with Gasteiger partial charge in [-0.2, -0.15) is 0 Å². The summed E-state index contributed by atoms with van der Waals surface area (Å²) in [6.45, 7) is -21.0. The molecule has 0 saturated carbocycles. The molecule has 33 heteroatoms. The Bertz CT molecular complexity index is 1200. The van der Waals surface area contributed by atoms with Crippen molar-refractivity contribution in [2.45, 2.75) is 128 Å². The number of alkyl halides is 28. The van der Waals surface area contributed by atoms with Gasteiger partial charge in [-0.15, -0.1) is 0 Å². The third kappa shape index (κ3) is 9.83. The molecular weight excluding hydrogens is 1150 g/mol. The molecule has 0 aromatic rings. The van der Waals surface area contributed by atoms with Crippen molar-refractivity contribution < 1.29 is 130 Å². The molecule has 0 radical (unpaired) electrons. The summed E-state index contributed by atoms with van der Waals surface area (Å²) in [5.41, 5.74) is 0. The van der Waals surface area contributed by atoms with Gasteiger partial charge in [-0.3, -0.25) is 0 Å². The van der Waals surface area contributed by atoms with Gasteiger partial charge in [0.05, 0.1) is 0 Å². The number of hydrogen-bond donors (Lipinski definition) is 0. The second-order valence-corrected chi connectivity index (χ2v) is 33.4. The Labute approximate surface area is 336 Å². The molecule has 0 aromatic heterocycles. The van der Waals surface area contributed by atoms with Gasteiger partial charge in [0.15, 0.2) is 0 Å². The van der Waals surface area contributed by atoms with Crippen molar-refractivity contribution in [1.82, 2.24) is 0 Å². The van der Waals surface area contributed by atoms with Gasteiger partial charge < -0.3 is 0 Å². The van der Waals surface area contributed by atoms with Crippen LogP contribution in [0.15, 0.2) is 0 Å². The van der Waals surface area contributed by atoms with E-state index in [2.05, 4.69) is 7.56 Å². The fourth-order valence-electron chi connectivity index (χ4n) is 4.85. The maximum atomic E-state index is 16.3. The molecule has 3 nitrogen and oxygen atoms in total. The maximum absolute atomic E-state index is 16.3. The van der Waals surface area contributed by atoms with Crippen molar-refractivity contribution in [3.8, 4) is 0 Å². The van der Waals surface area contributed by atoms with Gasteiger partial charge in [0.1, 0.15) is 0 Å². The van der Waals surface area contributed by atoms with Gasteiger partial charge in [-0.05, 0) is 0 Å². The Kier molecular flexibility index (Phi) is 20.0. The molecule has 0 amide bonds. The van der Waals surface area contributed by atoms with Gasteiger partial charge in [0.25, 0.3) is 0 Å². The predicted molar refractivity (Wildman–Crippen MR) is 156 cm³/mol. The summed E-state index contributed by atoms with van der Waals surface area (Å²) in [6, 6.07) is 0. The minimum atomic E-state index is -12.7. The van der Waals surface area contributed by atoms with E-state index >= 15 is 70.2 Å². The molecular formula is C28H34F28O3Sn2. The van der Waals surface area contributed by atoms with Gasteiger partial charge in [0, 0.05) is 0 Å². The van der Waals surface area contributed by atoms with Crippen LogP contribution in [0.2, 0.25) is 0 Å². The third-order valence-electron chi connectivity index (χ3n) is 8.63. The van der Waals surface area contributed by atoms with Crippen LogP contribution in [0.4, 0.5) is 123 Å². The van der Waals surface area contributed by atoms with E-state index in [4.69, 9.17) is 0 Å². The predicted octanol–water partition coefficient (Wildman–Crippen LogP) is 12.7. The normalized spacial score (nSPS) is 15.8. The van der Waals surface area contributed by atoms with E-state index in [0.29, 0.717) is 0 Å². The monoisotopic (exact) mass is 1190 g/mol. The number of hydrogen-bond acceptors (Lipinski definition) is 3. The molecule has 0 aromatic carbocycles. The first kappa shape index (κ1) is 60.5. The van der Waals surface area contributed by atoms with Gasteiger partial charge in [-0.25, -0.2) is 0 Å². The van der Waals surface area contributed by atoms with Crippen molar-refractivity contribution in [2.24, 2.45) is 0 Å². The first-order valence-electron chi connectivity index (χ1n) is 16.8. The minimum absolute atomic E-state index is 0.168. The summed E-state index contributed by atoms with van der Waals surface area (Å²) in [4.78, 5) is 0. The average Bonchev–Trinajstić information content (AvgIpc) is 3.15. The van der Waals surface area contributed by atoms with E-state index in [9.17, 15) is 52.7 Å². The van der Waals surface area contributed by atoms with Crippen molar-refractivity contribution >= 4 is 38.4 Å². The van der Waals surface area contributed by atoms with Crippen LogP contribution >= 0.6 is 0 Å². The van der Waals surface area contributed by atoms with Gasteiger partial charge in [0.2, 0.25) is 0 Å². The van der Waals surface area contributed by atoms with E-state index in [1.54, 1.807) is 0 Å². The molecule has 0 atom stereocenters. The Morgan fingerprint density at radius 1 is 0.311 bits per heavy atom. The number of rotatable bonds is 30. The van der Waals surface area contributed by atoms with Crippen LogP contribution in [0.5, 0.6) is 0 Å². The first-order chi connectivity index (χ1) is 27.1. The molecule has 0 bridgehead atoms. The Morgan fingerprint density at radius 3 is 0.672 bits per heavy atom. The summed E-state index contributed by atoms with van der Waals surface area (Å²) in [7, 11) is 0. The van der Waals surface area contributed by atoms with Crippen LogP contribution in [-0.4, -0.2) is 141 Å². The second kappa shape index (κ2) is 20.2. The fraction of sp³-hybridized carbons (Fsp3) is 1.00. The summed E-state index contributed by atoms with van der Waals surface area (Å²) in [5, 5.41) is 0. The van der Waals surface area contributed by atoms with Gasteiger partial charge in [-0.1, -0.05) is 0 Å². The summed E-state index contributed by atoms with van der Waals surface area (Å²) in [6.07, 6.45) is -6.26.